The zero-order valence-corrected chi connectivity index (χ0v) is 12.2. The minimum atomic E-state index is -0.216. The molecular formula is C16H11N3O2S. The Morgan fingerprint density at radius 1 is 1.18 bits per heavy atom. The molecule has 0 radical (unpaired) electrons. The van der Waals surface area contributed by atoms with Gasteiger partial charge in [-0.15, -0.1) is 0 Å². The van der Waals surface area contributed by atoms with Crippen LogP contribution in [0.3, 0.4) is 0 Å². The predicted octanol–water partition coefficient (Wildman–Crippen LogP) is 3.91. The molecule has 1 amide bonds. The number of amides is 1. The minimum Gasteiger partial charge on any atom is -0.472 e. The monoisotopic (exact) mass is 309 g/mol. The smallest absolute Gasteiger partial charge is 0.275 e. The van der Waals surface area contributed by atoms with Gasteiger partial charge in [0, 0.05) is 28.9 Å². The van der Waals surface area contributed by atoms with Gasteiger partial charge in [0.1, 0.15) is 11.3 Å². The second kappa shape index (κ2) is 5.16. The first-order valence-electron chi connectivity index (χ1n) is 6.64. The maximum absolute atomic E-state index is 12.2. The van der Waals surface area contributed by atoms with E-state index in [1.54, 1.807) is 18.7 Å². The molecule has 108 valence electrons. The van der Waals surface area contributed by atoms with E-state index in [1.165, 1.54) is 11.3 Å². The fourth-order valence-electron chi connectivity index (χ4n) is 2.23. The van der Waals surface area contributed by atoms with Crippen molar-refractivity contribution in [3.63, 3.8) is 0 Å². The second-order valence-electron chi connectivity index (χ2n) is 4.79. The highest BCUT2D eigenvalue weighted by Crippen LogP contribution is 2.21. The largest absolute Gasteiger partial charge is 0.472 e. The Hall–Kier alpha value is -2.86. The summed E-state index contributed by atoms with van der Waals surface area (Å²) in [6.07, 6.45) is 6.96. The molecule has 22 heavy (non-hydrogen) atoms. The summed E-state index contributed by atoms with van der Waals surface area (Å²) >= 11 is 1.53. The minimum absolute atomic E-state index is 0.216. The number of carbonyl (C=O) groups excluding carboxylic acids is 1. The van der Waals surface area contributed by atoms with Crippen molar-refractivity contribution in [2.24, 2.45) is 0 Å². The molecule has 4 aromatic rings. The van der Waals surface area contributed by atoms with E-state index in [0.29, 0.717) is 5.69 Å². The third kappa shape index (κ3) is 2.29. The molecule has 0 saturated heterocycles. The number of fused-ring (bicyclic) bond motifs is 1. The lowest BCUT2D eigenvalue weighted by Gasteiger charge is -1.98. The first-order chi connectivity index (χ1) is 10.8. The number of rotatable bonds is 3. The number of nitrogens with one attached hydrogen (secondary N) is 1. The van der Waals surface area contributed by atoms with Crippen LogP contribution in [0.2, 0.25) is 0 Å². The molecule has 0 aliphatic heterocycles. The summed E-state index contributed by atoms with van der Waals surface area (Å²) in [5.74, 6) is -0.216. The topological polar surface area (TPSA) is 59.5 Å². The van der Waals surface area contributed by atoms with Crippen LogP contribution in [0.4, 0.5) is 5.69 Å². The van der Waals surface area contributed by atoms with Gasteiger partial charge >= 0.3 is 0 Å². The van der Waals surface area contributed by atoms with E-state index < -0.39 is 0 Å². The van der Waals surface area contributed by atoms with Gasteiger partial charge in [0.05, 0.1) is 18.2 Å². The molecule has 5 nitrogen and oxygen atoms in total. The molecule has 4 aromatic heterocycles. The Morgan fingerprint density at radius 3 is 2.91 bits per heavy atom. The Morgan fingerprint density at radius 2 is 2.14 bits per heavy atom. The van der Waals surface area contributed by atoms with Gasteiger partial charge in [-0.2, -0.15) is 11.3 Å². The van der Waals surface area contributed by atoms with Gasteiger partial charge in [0.15, 0.2) is 0 Å². The Kier molecular flexibility index (Phi) is 3.01. The van der Waals surface area contributed by atoms with Gasteiger partial charge in [0.2, 0.25) is 0 Å². The average Bonchev–Trinajstić information content (AvgIpc) is 3.27. The van der Waals surface area contributed by atoms with Crippen LogP contribution in [-0.2, 0) is 0 Å². The van der Waals surface area contributed by atoms with E-state index in [4.69, 9.17) is 4.42 Å². The third-order valence-corrected chi connectivity index (χ3v) is 4.00. The Labute approximate surface area is 129 Å². The quantitative estimate of drug-likeness (QED) is 0.624. The van der Waals surface area contributed by atoms with Crippen molar-refractivity contribution in [1.29, 1.82) is 0 Å². The second-order valence-corrected chi connectivity index (χ2v) is 5.57. The molecule has 0 aliphatic rings. The maximum atomic E-state index is 12.2. The maximum Gasteiger partial charge on any atom is 0.275 e. The molecule has 4 heterocycles. The van der Waals surface area contributed by atoms with Crippen molar-refractivity contribution in [3.05, 3.63) is 65.6 Å². The number of thiophene rings is 1. The lowest BCUT2D eigenvalue weighted by molar-refractivity contribution is 0.102. The number of imidazole rings is 1. The molecule has 0 saturated carbocycles. The molecule has 0 spiro atoms. The van der Waals surface area contributed by atoms with Gasteiger partial charge in [0.25, 0.3) is 5.91 Å². The lowest BCUT2D eigenvalue weighted by atomic mass is 10.1. The molecule has 0 aliphatic carbocycles. The summed E-state index contributed by atoms with van der Waals surface area (Å²) < 4.78 is 6.93. The number of anilines is 1. The van der Waals surface area contributed by atoms with Crippen LogP contribution in [0.15, 0.2) is 64.4 Å². The molecule has 0 aromatic carbocycles. The van der Waals surface area contributed by atoms with Crippen LogP contribution < -0.4 is 5.32 Å². The van der Waals surface area contributed by atoms with E-state index >= 15 is 0 Å². The number of nitrogens with zero attached hydrogens (tertiary/aromatic N) is 2. The van der Waals surface area contributed by atoms with Crippen molar-refractivity contribution in [1.82, 2.24) is 9.38 Å². The van der Waals surface area contributed by atoms with Crippen LogP contribution in [0.25, 0.3) is 16.8 Å². The zero-order chi connectivity index (χ0) is 14.9. The molecule has 0 atom stereocenters. The lowest BCUT2D eigenvalue weighted by Crippen LogP contribution is -2.11. The van der Waals surface area contributed by atoms with Gasteiger partial charge < -0.3 is 14.1 Å². The number of hydrogen-bond acceptors (Lipinski definition) is 4. The van der Waals surface area contributed by atoms with Crippen molar-refractivity contribution in [2.45, 2.75) is 0 Å². The fourth-order valence-corrected chi connectivity index (χ4v) is 2.82. The van der Waals surface area contributed by atoms with Crippen LogP contribution >= 0.6 is 11.3 Å². The average molecular weight is 309 g/mol. The molecule has 0 fully saturated rings. The van der Waals surface area contributed by atoms with E-state index in [0.717, 1.165) is 22.5 Å². The summed E-state index contributed by atoms with van der Waals surface area (Å²) in [7, 11) is 0. The summed E-state index contributed by atoms with van der Waals surface area (Å²) in [5.41, 5.74) is 3.88. The Balaban J connectivity index is 1.67. The number of hydrogen-bond donors (Lipinski definition) is 1. The molecule has 0 unspecified atom stereocenters. The van der Waals surface area contributed by atoms with Gasteiger partial charge in [-0.1, -0.05) is 0 Å². The molecular weight excluding hydrogens is 298 g/mol. The summed E-state index contributed by atoms with van der Waals surface area (Å²) in [6.45, 7) is 0. The summed E-state index contributed by atoms with van der Waals surface area (Å²) in [5, 5.41) is 6.61. The molecule has 6 heteroatoms. The number of pyridine rings is 1. The highest BCUT2D eigenvalue weighted by Gasteiger charge is 2.12. The Bertz CT molecular complexity index is 924. The SMILES string of the molecule is O=C(Nc1ccsc1)c1cn2cc(-c3ccoc3)ccc2n1. The predicted molar refractivity (Wildman–Crippen MR) is 85.2 cm³/mol. The van der Waals surface area contributed by atoms with Crippen molar-refractivity contribution in [2.75, 3.05) is 5.32 Å². The summed E-state index contributed by atoms with van der Waals surface area (Å²) in [4.78, 5) is 16.5. The van der Waals surface area contributed by atoms with Crippen molar-refractivity contribution in [3.8, 4) is 11.1 Å². The van der Waals surface area contributed by atoms with Crippen LogP contribution in [0, 0.1) is 0 Å². The van der Waals surface area contributed by atoms with Crippen LogP contribution in [0.1, 0.15) is 10.5 Å². The number of carbonyl (C=O) groups is 1. The first-order valence-corrected chi connectivity index (χ1v) is 7.59. The highest BCUT2D eigenvalue weighted by molar-refractivity contribution is 7.08. The normalized spacial score (nSPS) is 10.9. The van der Waals surface area contributed by atoms with Crippen molar-refractivity contribution >= 4 is 28.6 Å². The van der Waals surface area contributed by atoms with Gasteiger partial charge in [-0.25, -0.2) is 4.98 Å². The van der Waals surface area contributed by atoms with Crippen LogP contribution in [-0.4, -0.2) is 15.3 Å². The molecule has 1 N–H and O–H groups in total. The van der Waals surface area contributed by atoms with Crippen LogP contribution in [0.5, 0.6) is 0 Å². The van der Waals surface area contributed by atoms with E-state index in [2.05, 4.69) is 10.3 Å². The van der Waals surface area contributed by atoms with E-state index in [9.17, 15) is 4.79 Å². The molecule has 0 bridgehead atoms. The number of aromatic nitrogens is 2. The standard InChI is InChI=1S/C16H11N3O2S/c20-16(17-13-4-6-22-10-13)14-8-19-7-11(1-2-15(19)18-14)12-3-5-21-9-12/h1-10H,(H,17,20). The van der Waals surface area contributed by atoms with Gasteiger partial charge in [-0.05, 0) is 29.6 Å². The van der Waals surface area contributed by atoms with Gasteiger partial charge in [-0.3, -0.25) is 4.79 Å². The van der Waals surface area contributed by atoms with E-state index in [1.807, 2.05) is 45.6 Å². The molecule has 4 rings (SSSR count). The fraction of sp³-hybridized carbons (Fsp3) is 0. The first kappa shape index (κ1) is 12.8. The number of furan rings is 1. The third-order valence-electron chi connectivity index (χ3n) is 3.32. The zero-order valence-electron chi connectivity index (χ0n) is 11.4. The van der Waals surface area contributed by atoms with Crippen molar-refractivity contribution < 1.29 is 9.21 Å². The highest BCUT2D eigenvalue weighted by atomic mass is 32.1. The van der Waals surface area contributed by atoms with E-state index in [-0.39, 0.29) is 5.91 Å². The summed E-state index contributed by atoms with van der Waals surface area (Å²) in [6, 6.07) is 7.58.